The Morgan fingerprint density at radius 3 is 2.65 bits per heavy atom. The molecule has 1 amide bonds. The van der Waals surface area contributed by atoms with E-state index in [-0.39, 0.29) is 12.5 Å². The molecule has 0 spiro atoms. The summed E-state index contributed by atoms with van der Waals surface area (Å²) in [5, 5.41) is 8.77. The molecule has 0 aliphatic rings. The Hall–Kier alpha value is -1.79. The Bertz CT molecular complexity index is 524. The molecule has 3 nitrogen and oxygen atoms in total. The first-order valence-corrected chi connectivity index (χ1v) is 6.99. The Morgan fingerprint density at radius 1 is 1.40 bits per heavy atom. The van der Waals surface area contributed by atoms with E-state index >= 15 is 0 Å². The van der Waals surface area contributed by atoms with E-state index in [2.05, 4.69) is 25.7 Å². The number of benzene rings is 1. The van der Waals surface area contributed by atoms with Crippen molar-refractivity contribution in [2.75, 3.05) is 19.7 Å². The third kappa shape index (κ3) is 4.40. The maximum atomic E-state index is 12.5. The third-order valence-electron chi connectivity index (χ3n) is 3.04. The summed E-state index contributed by atoms with van der Waals surface area (Å²) in [7, 11) is 0. The molecule has 0 radical (unpaired) electrons. The number of nitrogens with zero attached hydrogens (tertiary/aromatic N) is 1. The first-order chi connectivity index (χ1) is 9.49. The summed E-state index contributed by atoms with van der Waals surface area (Å²) < 4.78 is 0. The predicted octanol–water partition coefficient (Wildman–Crippen LogP) is 2.46. The van der Waals surface area contributed by atoms with E-state index in [1.54, 1.807) is 0 Å². The van der Waals surface area contributed by atoms with Gasteiger partial charge in [-0.25, -0.2) is 0 Å². The summed E-state index contributed by atoms with van der Waals surface area (Å²) in [6.45, 7) is 9.41. The van der Waals surface area contributed by atoms with Gasteiger partial charge in [-0.3, -0.25) is 4.79 Å². The molecule has 0 heterocycles. The minimum Gasteiger partial charge on any atom is -0.384 e. The lowest BCUT2D eigenvalue weighted by Crippen LogP contribution is -2.34. The molecule has 3 heteroatoms. The third-order valence-corrected chi connectivity index (χ3v) is 3.04. The maximum absolute atomic E-state index is 12.5. The fourth-order valence-corrected chi connectivity index (χ4v) is 2.00. The summed E-state index contributed by atoms with van der Waals surface area (Å²) in [5.74, 6) is 5.99. The van der Waals surface area contributed by atoms with Crippen LogP contribution in [0.2, 0.25) is 0 Å². The summed E-state index contributed by atoms with van der Waals surface area (Å²) in [6, 6.07) is 5.55. The molecule has 20 heavy (non-hydrogen) atoms. The molecule has 0 atom stereocenters. The van der Waals surface area contributed by atoms with Gasteiger partial charge in [0, 0.05) is 24.2 Å². The molecule has 0 saturated heterocycles. The highest BCUT2D eigenvalue weighted by Gasteiger charge is 2.15. The van der Waals surface area contributed by atoms with Crippen LogP contribution in [0.5, 0.6) is 0 Å². The van der Waals surface area contributed by atoms with Crippen molar-refractivity contribution in [1.82, 2.24) is 4.90 Å². The molecule has 0 aliphatic carbocycles. The second kappa shape index (κ2) is 7.72. The Balaban J connectivity index is 3.03. The van der Waals surface area contributed by atoms with Crippen molar-refractivity contribution in [2.24, 2.45) is 5.92 Å². The van der Waals surface area contributed by atoms with E-state index < -0.39 is 0 Å². The number of aliphatic hydroxyl groups excluding tert-OH is 1. The van der Waals surface area contributed by atoms with Gasteiger partial charge >= 0.3 is 0 Å². The molecule has 0 aromatic heterocycles. The molecular weight excluding hydrogens is 250 g/mol. The van der Waals surface area contributed by atoms with Crippen molar-refractivity contribution in [3.8, 4) is 11.8 Å². The first-order valence-electron chi connectivity index (χ1n) is 6.99. The van der Waals surface area contributed by atoms with Crippen molar-refractivity contribution in [3.63, 3.8) is 0 Å². The van der Waals surface area contributed by atoms with Gasteiger partial charge in [0.15, 0.2) is 0 Å². The van der Waals surface area contributed by atoms with Gasteiger partial charge in [-0.1, -0.05) is 31.8 Å². The van der Waals surface area contributed by atoms with E-state index in [1.165, 1.54) is 0 Å². The number of carbonyl (C=O) groups excluding carboxylic acids is 1. The summed E-state index contributed by atoms with van der Waals surface area (Å²) in [4.78, 5) is 14.3. The number of aliphatic hydroxyl groups is 1. The highest BCUT2D eigenvalue weighted by Crippen LogP contribution is 2.13. The zero-order chi connectivity index (χ0) is 15.1. The number of carbonyl (C=O) groups is 1. The monoisotopic (exact) mass is 273 g/mol. The minimum absolute atomic E-state index is 0.0354. The molecular formula is C17H23NO2. The predicted molar refractivity (Wildman–Crippen MR) is 81.6 cm³/mol. The average molecular weight is 273 g/mol. The smallest absolute Gasteiger partial charge is 0.253 e. The molecule has 0 unspecified atom stereocenters. The maximum Gasteiger partial charge on any atom is 0.253 e. The second-order valence-corrected chi connectivity index (χ2v) is 5.23. The summed E-state index contributed by atoms with van der Waals surface area (Å²) in [5.41, 5.74) is 2.46. The Labute approximate surface area is 121 Å². The quantitative estimate of drug-likeness (QED) is 0.856. The molecule has 0 bridgehead atoms. The number of hydrogen-bond donors (Lipinski definition) is 1. The van der Waals surface area contributed by atoms with Crippen LogP contribution in [-0.2, 0) is 0 Å². The minimum atomic E-state index is -0.175. The summed E-state index contributed by atoms with van der Waals surface area (Å²) >= 11 is 0. The molecule has 0 aliphatic heterocycles. The Morgan fingerprint density at radius 2 is 2.10 bits per heavy atom. The van der Waals surface area contributed by atoms with Crippen LogP contribution in [0, 0.1) is 24.7 Å². The van der Waals surface area contributed by atoms with Gasteiger partial charge < -0.3 is 10.0 Å². The lowest BCUT2D eigenvalue weighted by Gasteiger charge is -2.23. The van der Waals surface area contributed by atoms with Crippen LogP contribution in [0.3, 0.4) is 0 Å². The highest BCUT2D eigenvalue weighted by atomic mass is 16.2. The van der Waals surface area contributed by atoms with Crippen LogP contribution in [0.1, 0.15) is 42.3 Å². The zero-order valence-corrected chi connectivity index (χ0v) is 12.7. The van der Waals surface area contributed by atoms with E-state index in [9.17, 15) is 4.79 Å². The normalized spacial score (nSPS) is 10.1. The highest BCUT2D eigenvalue weighted by molar-refractivity contribution is 5.94. The van der Waals surface area contributed by atoms with E-state index in [4.69, 9.17) is 5.11 Å². The van der Waals surface area contributed by atoms with Crippen molar-refractivity contribution in [1.29, 1.82) is 0 Å². The SMILES string of the molecule is CCN(CC(C)C)C(=O)c1ccc(C)c(C#CCO)c1. The van der Waals surface area contributed by atoms with Crippen LogP contribution in [0.4, 0.5) is 0 Å². The Kier molecular flexibility index (Phi) is 6.27. The van der Waals surface area contributed by atoms with Gasteiger partial charge in [-0.15, -0.1) is 0 Å². The van der Waals surface area contributed by atoms with Gasteiger partial charge in [-0.2, -0.15) is 0 Å². The zero-order valence-electron chi connectivity index (χ0n) is 12.7. The number of amides is 1. The topological polar surface area (TPSA) is 40.5 Å². The number of hydrogen-bond acceptors (Lipinski definition) is 2. The van der Waals surface area contributed by atoms with Crippen molar-refractivity contribution >= 4 is 5.91 Å². The van der Waals surface area contributed by atoms with Gasteiger partial charge in [0.1, 0.15) is 6.61 Å². The molecule has 1 N–H and O–H groups in total. The van der Waals surface area contributed by atoms with Gasteiger partial charge in [0.2, 0.25) is 0 Å². The van der Waals surface area contributed by atoms with Crippen LogP contribution in [0.15, 0.2) is 18.2 Å². The van der Waals surface area contributed by atoms with Crippen molar-refractivity contribution in [3.05, 3.63) is 34.9 Å². The number of rotatable bonds is 4. The molecule has 1 aromatic carbocycles. The van der Waals surface area contributed by atoms with Crippen molar-refractivity contribution < 1.29 is 9.90 Å². The fraction of sp³-hybridized carbons (Fsp3) is 0.471. The second-order valence-electron chi connectivity index (χ2n) is 5.23. The molecule has 0 fully saturated rings. The van der Waals surface area contributed by atoms with Crippen LogP contribution >= 0.6 is 0 Å². The first kappa shape index (κ1) is 16.3. The molecule has 0 saturated carbocycles. The van der Waals surface area contributed by atoms with E-state index in [0.29, 0.717) is 18.0 Å². The van der Waals surface area contributed by atoms with E-state index in [1.807, 2.05) is 36.9 Å². The van der Waals surface area contributed by atoms with Crippen molar-refractivity contribution in [2.45, 2.75) is 27.7 Å². The standard InChI is InChI=1S/C17H23NO2/c1-5-18(12-13(2)3)17(20)16-9-8-14(4)15(11-16)7-6-10-19/h8-9,11,13,19H,5,10,12H2,1-4H3. The van der Waals surface area contributed by atoms with Gasteiger partial charge in [-0.05, 0) is 37.5 Å². The fourth-order valence-electron chi connectivity index (χ4n) is 2.00. The molecule has 1 rings (SSSR count). The van der Waals surface area contributed by atoms with E-state index in [0.717, 1.165) is 17.7 Å². The lowest BCUT2D eigenvalue weighted by atomic mass is 10.0. The lowest BCUT2D eigenvalue weighted by molar-refractivity contribution is 0.0745. The average Bonchev–Trinajstić information content (AvgIpc) is 2.43. The molecule has 1 aromatic rings. The van der Waals surface area contributed by atoms with Crippen LogP contribution in [-0.4, -0.2) is 35.6 Å². The largest absolute Gasteiger partial charge is 0.384 e. The van der Waals surface area contributed by atoms with Gasteiger partial charge in [0.25, 0.3) is 5.91 Å². The summed E-state index contributed by atoms with van der Waals surface area (Å²) in [6.07, 6.45) is 0. The number of aryl methyl sites for hydroxylation is 1. The van der Waals surface area contributed by atoms with Crippen LogP contribution in [0.25, 0.3) is 0 Å². The van der Waals surface area contributed by atoms with Gasteiger partial charge in [0.05, 0.1) is 0 Å². The van der Waals surface area contributed by atoms with Crippen LogP contribution < -0.4 is 0 Å². The molecule has 108 valence electrons.